The molecule has 1 aliphatic heterocycles. The molecule has 1 unspecified atom stereocenters. The summed E-state index contributed by atoms with van der Waals surface area (Å²) in [4.78, 5) is 12.9. The molecule has 1 rings (SSSR count). The molecular weight excluding hydrogens is 180 g/mol. The summed E-state index contributed by atoms with van der Waals surface area (Å²) in [5, 5.41) is 8.70. The molecule has 1 atom stereocenters. The normalized spacial score (nSPS) is 21.6. The van der Waals surface area contributed by atoms with Crippen molar-refractivity contribution in [3.8, 4) is 6.07 Å². The smallest absolute Gasteiger partial charge is 0.409 e. The van der Waals surface area contributed by atoms with Gasteiger partial charge in [-0.2, -0.15) is 5.26 Å². The summed E-state index contributed by atoms with van der Waals surface area (Å²) in [6.07, 6.45) is 2.96. The maximum absolute atomic E-state index is 11.2. The Bertz CT molecular complexity index is 235. The Balaban J connectivity index is 2.33. The second-order valence-corrected chi connectivity index (χ2v) is 3.56. The van der Waals surface area contributed by atoms with E-state index in [1.807, 2.05) is 0 Å². The van der Waals surface area contributed by atoms with Crippen molar-refractivity contribution in [2.24, 2.45) is 5.92 Å². The Morgan fingerprint density at radius 1 is 1.64 bits per heavy atom. The van der Waals surface area contributed by atoms with Crippen LogP contribution in [0.25, 0.3) is 0 Å². The average molecular weight is 196 g/mol. The fourth-order valence-corrected chi connectivity index (χ4v) is 1.47. The first-order valence-electron chi connectivity index (χ1n) is 5.09. The van der Waals surface area contributed by atoms with Crippen molar-refractivity contribution in [1.82, 2.24) is 4.90 Å². The highest BCUT2D eigenvalue weighted by atomic mass is 16.6. The predicted molar refractivity (Wildman–Crippen MR) is 51.5 cm³/mol. The number of hydrogen-bond acceptors (Lipinski definition) is 3. The molecule has 1 fully saturated rings. The molecule has 1 amide bonds. The molecule has 1 saturated heterocycles. The summed E-state index contributed by atoms with van der Waals surface area (Å²) in [6.45, 7) is 3.61. The Kier molecular flexibility index (Phi) is 4.24. The van der Waals surface area contributed by atoms with Crippen molar-refractivity contribution >= 4 is 6.09 Å². The van der Waals surface area contributed by atoms with E-state index in [0.717, 1.165) is 19.3 Å². The van der Waals surface area contributed by atoms with Gasteiger partial charge >= 0.3 is 6.09 Å². The Morgan fingerprint density at radius 2 is 2.43 bits per heavy atom. The summed E-state index contributed by atoms with van der Waals surface area (Å²) in [6, 6.07) is 2.13. The van der Waals surface area contributed by atoms with Gasteiger partial charge in [0.2, 0.25) is 0 Å². The van der Waals surface area contributed by atoms with E-state index in [1.54, 1.807) is 4.90 Å². The first-order valence-corrected chi connectivity index (χ1v) is 5.09. The van der Waals surface area contributed by atoms with Crippen LogP contribution in [-0.2, 0) is 4.74 Å². The fraction of sp³-hybridized carbons (Fsp3) is 0.800. The number of hydrogen-bond donors (Lipinski definition) is 0. The van der Waals surface area contributed by atoms with E-state index in [4.69, 9.17) is 10.00 Å². The highest BCUT2D eigenvalue weighted by Gasteiger charge is 2.26. The minimum atomic E-state index is -0.271. The van der Waals surface area contributed by atoms with E-state index in [0.29, 0.717) is 13.1 Å². The van der Waals surface area contributed by atoms with Gasteiger partial charge in [-0.1, -0.05) is 19.8 Å². The molecule has 4 nitrogen and oxygen atoms in total. The molecular formula is C10H16N2O2. The molecule has 0 N–H and O–H groups in total. The SMILES string of the molecule is CCCCCN1CC(C#N)COC1=O. The number of unbranched alkanes of at least 4 members (excludes halogenated alkanes) is 2. The summed E-state index contributed by atoms with van der Waals surface area (Å²) < 4.78 is 4.89. The monoisotopic (exact) mass is 196 g/mol. The van der Waals surface area contributed by atoms with Gasteiger partial charge in [0.05, 0.1) is 12.0 Å². The third-order valence-corrected chi connectivity index (χ3v) is 2.32. The van der Waals surface area contributed by atoms with Gasteiger partial charge < -0.3 is 9.64 Å². The number of carbonyl (C=O) groups is 1. The van der Waals surface area contributed by atoms with Gasteiger partial charge in [0.25, 0.3) is 0 Å². The zero-order chi connectivity index (χ0) is 10.4. The number of rotatable bonds is 4. The van der Waals surface area contributed by atoms with Crippen molar-refractivity contribution in [1.29, 1.82) is 5.26 Å². The second kappa shape index (κ2) is 5.48. The lowest BCUT2D eigenvalue weighted by Crippen LogP contribution is -2.43. The van der Waals surface area contributed by atoms with Crippen molar-refractivity contribution in [3.05, 3.63) is 0 Å². The molecule has 0 aliphatic carbocycles. The lowest BCUT2D eigenvalue weighted by Gasteiger charge is -2.28. The molecule has 1 heterocycles. The quantitative estimate of drug-likeness (QED) is 0.644. The zero-order valence-electron chi connectivity index (χ0n) is 8.53. The number of ether oxygens (including phenoxy) is 1. The average Bonchev–Trinajstić information content (AvgIpc) is 2.21. The van der Waals surface area contributed by atoms with Crippen LogP contribution < -0.4 is 0 Å². The molecule has 1 aliphatic rings. The summed E-state index contributed by atoms with van der Waals surface area (Å²) in [5.41, 5.74) is 0. The van der Waals surface area contributed by atoms with Crippen LogP contribution >= 0.6 is 0 Å². The van der Waals surface area contributed by atoms with Crippen molar-refractivity contribution < 1.29 is 9.53 Å². The van der Waals surface area contributed by atoms with Crippen molar-refractivity contribution in [2.45, 2.75) is 26.2 Å². The Hall–Kier alpha value is -1.24. The molecule has 4 heteroatoms. The number of cyclic esters (lactones) is 1. The van der Waals surface area contributed by atoms with E-state index in [-0.39, 0.29) is 18.6 Å². The molecule has 0 radical (unpaired) electrons. The molecule has 0 spiro atoms. The highest BCUT2D eigenvalue weighted by molar-refractivity contribution is 5.68. The third kappa shape index (κ3) is 2.91. The third-order valence-electron chi connectivity index (χ3n) is 2.32. The Morgan fingerprint density at radius 3 is 3.07 bits per heavy atom. The van der Waals surface area contributed by atoms with Crippen LogP contribution in [0.2, 0.25) is 0 Å². The number of nitrogens with zero attached hydrogens (tertiary/aromatic N) is 2. The summed E-state index contributed by atoms with van der Waals surface area (Å²) in [7, 11) is 0. The molecule has 78 valence electrons. The molecule has 0 saturated carbocycles. The van der Waals surface area contributed by atoms with Crippen LogP contribution in [0.3, 0.4) is 0 Å². The van der Waals surface area contributed by atoms with Gasteiger partial charge in [0.15, 0.2) is 0 Å². The van der Waals surface area contributed by atoms with E-state index >= 15 is 0 Å². The first kappa shape index (κ1) is 10.8. The van der Waals surface area contributed by atoms with E-state index in [9.17, 15) is 4.79 Å². The summed E-state index contributed by atoms with van der Waals surface area (Å²) in [5.74, 6) is -0.158. The molecule has 14 heavy (non-hydrogen) atoms. The second-order valence-electron chi connectivity index (χ2n) is 3.56. The first-order chi connectivity index (χ1) is 6.77. The van der Waals surface area contributed by atoms with Crippen LogP contribution in [0.5, 0.6) is 0 Å². The van der Waals surface area contributed by atoms with Crippen molar-refractivity contribution in [3.63, 3.8) is 0 Å². The largest absolute Gasteiger partial charge is 0.448 e. The lowest BCUT2D eigenvalue weighted by atomic mass is 10.1. The predicted octanol–water partition coefficient (Wildman–Crippen LogP) is 1.77. The standard InChI is InChI=1S/C10H16N2O2/c1-2-3-4-5-12-7-9(6-11)8-14-10(12)13/h9H,2-5,7-8H2,1H3. The van der Waals surface area contributed by atoms with Gasteiger partial charge in [-0.05, 0) is 6.42 Å². The van der Waals surface area contributed by atoms with Crippen molar-refractivity contribution in [2.75, 3.05) is 19.7 Å². The van der Waals surface area contributed by atoms with Gasteiger partial charge in [-0.25, -0.2) is 4.79 Å². The minimum Gasteiger partial charge on any atom is -0.448 e. The number of nitriles is 1. The van der Waals surface area contributed by atoms with E-state index in [1.165, 1.54) is 0 Å². The Labute approximate surface area is 84.4 Å². The molecule has 0 aromatic rings. The van der Waals surface area contributed by atoms with Crippen LogP contribution in [0, 0.1) is 17.2 Å². The van der Waals surface area contributed by atoms with E-state index < -0.39 is 0 Å². The lowest BCUT2D eigenvalue weighted by molar-refractivity contribution is 0.0560. The van der Waals surface area contributed by atoms with Crippen LogP contribution in [0.15, 0.2) is 0 Å². The highest BCUT2D eigenvalue weighted by Crippen LogP contribution is 2.11. The maximum atomic E-state index is 11.2. The van der Waals surface area contributed by atoms with Gasteiger partial charge in [-0.15, -0.1) is 0 Å². The number of carbonyl (C=O) groups excluding carboxylic acids is 1. The van der Waals surface area contributed by atoms with E-state index in [2.05, 4.69) is 13.0 Å². The molecule has 0 bridgehead atoms. The number of amides is 1. The molecule has 0 aromatic heterocycles. The van der Waals surface area contributed by atoms with Gasteiger partial charge in [0, 0.05) is 13.1 Å². The summed E-state index contributed by atoms with van der Waals surface area (Å²) >= 11 is 0. The fourth-order valence-electron chi connectivity index (χ4n) is 1.47. The van der Waals surface area contributed by atoms with Crippen LogP contribution in [-0.4, -0.2) is 30.7 Å². The van der Waals surface area contributed by atoms with Gasteiger partial charge in [-0.3, -0.25) is 0 Å². The molecule has 0 aromatic carbocycles. The van der Waals surface area contributed by atoms with Gasteiger partial charge in [0.1, 0.15) is 6.61 Å². The van der Waals surface area contributed by atoms with Crippen LogP contribution in [0.1, 0.15) is 26.2 Å². The van der Waals surface area contributed by atoms with Crippen LogP contribution in [0.4, 0.5) is 4.79 Å². The zero-order valence-corrected chi connectivity index (χ0v) is 8.53. The minimum absolute atomic E-state index is 0.158. The maximum Gasteiger partial charge on any atom is 0.409 e. The topological polar surface area (TPSA) is 53.3 Å².